The minimum Gasteiger partial charge on any atom is -0.478 e. The first-order chi connectivity index (χ1) is 9.49. The Labute approximate surface area is 122 Å². The van der Waals surface area contributed by atoms with Crippen LogP contribution in [-0.4, -0.2) is 11.1 Å². The number of nitrogens with one attached hydrogen (secondary N) is 1. The molecule has 0 aliphatic carbocycles. The molecule has 0 aromatic heterocycles. The summed E-state index contributed by atoms with van der Waals surface area (Å²) in [5.74, 6) is -2.89. The third-order valence-electron chi connectivity index (χ3n) is 2.72. The quantitative estimate of drug-likeness (QED) is 0.882. The number of hydrogen-bond donors (Lipinski definition) is 2. The maximum atomic E-state index is 13.4. The molecule has 0 amide bonds. The molecule has 0 spiro atoms. The molecule has 2 rings (SSSR count). The van der Waals surface area contributed by atoms with Crippen molar-refractivity contribution in [1.29, 1.82) is 0 Å². The Morgan fingerprint density at radius 1 is 1.25 bits per heavy atom. The van der Waals surface area contributed by atoms with Crippen molar-refractivity contribution >= 4 is 27.6 Å². The zero-order chi connectivity index (χ0) is 14.7. The first kappa shape index (κ1) is 14.5. The van der Waals surface area contributed by atoms with Crippen LogP contribution in [0.3, 0.4) is 0 Å². The highest BCUT2D eigenvalue weighted by molar-refractivity contribution is 9.10. The summed E-state index contributed by atoms with van der Waals surface area (Å²) in [6.45, 7) is 0.237. The van der Waals surface area contributed by atoms with E-state index in [0.29, 0.717) is 4.47 Å². The number of benzene rings is 2. The zero-order valence-electron chi connectivity index (χ0n) is 10.2. The highest BCUT2D eigenvalue weighted by Crippen LogP contribution is 2.22. The Kier molecular flexibility index (Phi) is 4.34. The van der Waals surface area contributed by atoms with Crippen LogP contribution in [0.25, 0.3) is 0 Å². The van der Waals surface area contributed by atoms with Gasteiger partial charge in [-0.25, -0.2) is 13.6 Å². The van der Waals surface area contributed by atoms with Crippen LogP contribution in [-0.2, 0) is 6.54 Å². The first-order valence-electron chi connectivity index (χ1n) is 5.68. The monoisotopic (exact) mass is 341 g/mol. The van der Waals surface area contributed by atoms with E-state index in [1.165, 1.54) is 24.3 Å². The van der Waals surface area contributed by atoms with Crippen molar-refractivity contribution < 1.29 is 18.7 Å². The molecule has 0 aliphatic rings. The van der Waals surface area contributed by atoms with Gasteiger partial charge in [0.05, 0.1) is 11.3 Å². The van der Waals surface area contributed by atoms with Crippen LogP contribution in [0.15, 0.2) is 40.9 Å². The SMILES string of the molecule is O=C(O)c1ccc(CNc2cccc(F)c2F)c(Br)c1. The van der Waals surface area contributed by atoms with Gasteiger partial charge in [-0.3, -0.25) is 0 Å². The van der Waals surface area contributed by atoms with E-state index in [4.69, 9.17) is 5.11 Å². The van der Waals surface area contributed by atoms with Gasteiger partial charge in [0.25, 0.3) is 0 Å². The van der Waals surface area contributed by atoms with Gasteiger partial charge in [0.1, 0.15) is 0 Å². The van der Waals surface area contributed by atoms with Gasteiger partial charge in [-0.2, -0.15) is 0 Å². The molecule has 2 aromatic rings. The summed E-state index contributed by atoms with van der Waals surface area (Å²) >= 11 is 3.25. The smallest absolute Gasteiger partial charge is 0.335 e. The zero-order valence-corrected chi connectivity index (χ0v) is 11.7. The molecular formula is C14H10BrF2NO2. The molecule has 0 unspecified atom stereocenters. The molecular weight excluding hydrogens is 332 g/mol. The minimum absolute atomic E-state index is 0.0548. The van der Waals surface area contributed by atoms with E-state index in [0.717, 1.165) is 11.6 Å². The largest absolute Gasteiger partial charge is 0.478 e. The Balaban J connectivity index is 2.15. The molecule has 0 bridgehead atoms. The second-order valence-corrected chi connectivity index (χ2v) is 4.92. The molecule has 2 N–H and O–H groups in total. The van der Waals surface area contributed by atoms with Gasteiger partial charge >= 0.3 is 5.97 Å². The summed E-state index contributed by atoms with van der Waals surface area (Å²) < 4.78 is 27.1. The number of carbonyl (C=O) groups is 1. The molecule has 0 aliphatic heterocycles. The fourth-order valence-electron chi connectivity index (χ4n) is 1.65. The molecule has 20 heavy (non-hydrogen) atoms. The normalized spacial score (nSPS) is 10.3. The van der Waals surface area contributed by atoms with Crippen molar-refractivity contribution in [2.24, 2.45) is 0 Å². The average Bonchev–Trinajstić information content (AvgIpc) is 2.41. The lowest BCUT2D eigenvalue weighted by Crippen LogP contribution is -2.04. The van der Waals surface area contributed by atoms with Crippen LogP contribution in [0.5, 0.6) is 0 Å². The number of aromatic carboxylic acids is 1. The first-order valence-corrected chi connectivity index (χ1v) is 6.48. The lowest BCUT2D eigenvalue weighted by molar-refractivity contribution is 0.0697. The van der Waals surface area contributed by atoms with Gasteiger partial charge in [0, 0.05) is 11.0 Å². The van der Waals surface area contributed by atoms with Crippen LogP contribution in [0, 0.1) is 11.6 Å². The number of rotatable bonds is 4. The van der Waals surface area contributed by atoms with Crippen molar-refractivity contribution in [1.82, 2.24) is 0 Å². The highest BCUT2D eigenvalue weighted by Gasteiger charge is 2.09. The molecule has 0 atom stereocenters. The van der Waals surface area contributed by atoms with E-state index in [2.05, 4.69) is 21.2 Å². The summed E-state index contributed by atoms with van der Waals surface area (Å²) in [7, 11) is 0. The van der Waals surface area contributed by atoms with Crippen molar-refractivity contribution in [2.75, 3.05) is 5.32 Å². The van der Waals surface area contributed by atoms with Crippen molar-refractivity contribution in [3.05, 3.63) is 63.6 Å². The Bertz CT molecular complexity index is 662. The molecule has 0 heterocycles. The van der Waals surface area contributed by atoms with Gasteiger partial charge in [0.15, 0.2) is 11.6 Å². The van der Waals surface area contributed by atoms with Gasteiger partial charge in [0.2, 0.25) is 0 Å². The number of carboxylic acids is 1. The highest BCUT2D eigenvalue weighted by atomic mass is 79.9. The van der Waals surface area contributed by atoms with Crippen LogP contribution in [0.2, 0.25) is 0 Å². The summed E-state index contributed by atoms with van der Waals surface area (Å²) in [5.41, 5.74) is 0.940. The van der Waals surface area contributed by atoms with Gasteiger partial charge in [-0.15, -0.1) is 0 Å². The van der Waals surface area contributed by atoms with E-state index in [-0.39, 0.29) is 17.8 Å². The van der Waals surface area contributed by atoms with Gasteiger partial charge in [-0.05, 0) is 29.8 Å². The Morgan fingerprint density at radius 2 is 2.00 bits per heavy atom. The van der Waals surface area contributed by atoms with E-state index in [9.17, 15) is 13.6 Å². The lowest BCUT2D eigenvalue weighted by Gasteiger charge is -2.10. The van der Waals surface area contributed by atoms with Crippen LogP contribution >= 0.6 is 15.9 Å². The summed E-state index contributed by atoms with van der Waals surface area (Å²) in [5, 5.41) is 11.6. The van der Waals surface area contributed by atoms with E-state index in [1.807, 2.05) is 0 Å². The van der Waals surface area contributed by atoms with E-state index < -0.39 is 17.6 Å². The van der Waals surface area contributed by atoms with Crippen LogP contribution in [0.1, 0.15) is 15.9 Å². The molecule has 104 valence electrons. The fourth-order valence-corrected chi connectivity index (χ4v) is 2.17. The Hall–Kier alpha value is -1.95. The maximum absolute atomic E-state index is 13.4. The van der Waals surface area contributed by atoms with Gasteiger partial charge in [-0.1, -0.05) is 28.1 Å². The van der Waals surface area contributed by atoms with Crippen LogP contribution < -0.4 is 5.32 Å². The molecule has 0 saturated heterocycles. The molecule has 0 radical (unpaired) electrons. The summed E-state index contributed by atoms with van der Waals surface area (Å²) in [6, 6.07) is 8.39. The Morgan fingerprint density at radius 3 is 2.65 bits per heavy atom. The predicted octanol–water partition coefficient (Wildman–Crippen LogP) is 4.04. The fraction of sp³-hybridized carbons (Fsp3) is 0.0714. The maximum Gasteiger partial charge on any atom is 0.335 e. The van der Waals surface area contributed by atoms with Gasteiger partial charge < -0.3 is 10.4 Å². The third-order valence-corrected chi connectivity index (χ3v) is 3.46. The molecule has 0 saturated carbocycles. The number of hydrogen-bond acceptors (Lipinski definition) is 2. The minimum atomic E-state index is -1.03. The summed E-state index contributed by atoms with van der Waals surface area (Å²) in [4.78, 5) is 10.8. The molecule has 6 heteroatoms. The predicted molar refractivity (Wildman–Crippen MR) is 74.8 cm³/mol. The second kappa shape index (κ2) is 6.00. The topological polar surface area (TPSA) is 49.3 Å². The third kappa shape index (κ3) is 3.14. The van der Waals surface area contributed by atoms with E-state index >= 15 is 0 Å². The van der Waals surface area contributed by atoms with Crippen molar-refractivity contribution in [3.8, 4) is 0 Å². The number of carboxylic acid groups (broad SMARTS) is 1. The number of anilines is 1. The standard InChI is InChI=1S/C14H10BrF2NO2/c15-10-6-8(14(19)20)4-5-9(10)7-18-12-3-1-2-11(16)13(12)17/h1-6,18H,7H2,(H,19,20). The average molecular weight is 342 g/mol. The molecule has 2 aromatic carbocycles. The molecule has 3 nitrogen and oxygen atoms in total. The summed E-state index contributed by atoms with van der Waals surface area (Å²) in [6.07, 6.45) is 0. The van der Waals surface area contributed by atoms with Crippen molar-refractivity contribution in [3.63, 3.8) is 0 Å². The van der Waals surface area contributed by atoms with Crippen LogP contribution in [0.4, 0.5) is 14.5 Å². The molecule has 0 fully saturated rings. The lowest BCUT2D eigenvalue weighted by atomic mass is 10.1. The number of halogens is 3. The second-order valence-electron chi connectivity index (χ2n) is 4.07. The van der Waals surface area contributed by atoms with E-state index in [1.54, 1.807) is 6.07 Å². The van der Waals surface area contributed by atoms with Crippen molar-refractivity contribution in [2.45, 2.75) is 6.54 Å².